The Labute approximate surface area is 119 Å². The van der Waals surface area contributed by atoms with Crippen molar-refractivity contribution >= 4 is 21.7 Å². The van der Waals surface area contributed by atoms with E-state index in [-0.39, 0.29) is 0 Å². The molecule has 3 heteroatoms. The van der Waals surface area contributed by atoms with E-state index in [4.69, 9.17) is 0 Å². The van der Waals surface area contributed by atoms with Gasteiger partial charge in [-0.05, 0) is 65.6 Å². The van der Waals surface area contributed by atoms with Gasteiger partial charge in [0.25, 0.3) is 0 Å². The van der Waals surface area contributed by atoms with E-state index in [0.717, 1.165) is 35.2 Å². The van der Waals surface area contributed by atoms with Gasteiger partial charge in [0.1, 0.15) is 5.82 Å². The smallest absolute Gasteiger partial charge is 0.128 e. The summed E-state index contributed by atoms with van der Waals surface area (Å²) in [6.45, 7) is 9.13. The molecule has 1 atom stereocenters. The van der Waals surface area contributed by atoms with Gasteiger partial charge in [0.15, 0.2) is 0 Å². The van der Waals surface area contributed by atoms with Gasteiger partial charge in [-0.3, -0.25) is 0 Å². The van der Waals surface area contributed by atoms with Crippen LogP contribution in [0, 0.1) is 18.8 Å². The number of pyridine rings is 1. The Kier molecular flexibility index (Phi) is 4.66. The molecule has 1 aromatic rings. The summed E-state index contributed by atoms with van der Waals surface area (Å²) >= 11 is 3.52. The molecular weight excluding hydrogens is 288 g/mol. The van der Waals surface area contributed by atoms with Gasteiger partial charge in [-0.2, -0.15) is 0 Å². The van der Waals surface area contributed by atoms with Crippen LogP contribution in [0.2, 0.25) is 0 Å². The molecule has 2 rings (SSSR count). The van der Waals surface area contributed by atoms with E-state index in [1.54, 1.807) is 0 Å². The van der Waals surface area contributed by atoms with Crippen LogP contribution in [0.4, 0.5) is 5.82 Å². The number of hydrogen-bond acceptors (Lipinski definition) is 2. The van der Waals surface area contributed by atoms with Crippen molar-refractivity contribution in [1.82, 2.24) is 4.98 Å². The molecule has 0 N–H and O–H groups in total. The normalized spacial score (nSPS) is 21.2. The van der Waals surface area contributed by atoms with Crippen LogP contribution in [0.5, 0.6) is 0 Å². The first-order valence-electron chi connectivity index (χ1n) is 6.95. The first kappa shape index (κ1) is 13.9. The van der Waals surface area contributed by atoms with Crippen molar-refractivity contribution < 1.29 is 0 Å². The van der Waals surface area contributed by atoms with Crippen LogP contribution in [0.1, 0.15) is 38.7 Å². The summed E-state index contributed by atoms with van der Waals surface area (Å²) < 4.78 is 1.10. The van der Waals surface area contributed by atoms with Gasteiger partial charge in [0.2, 0.25) is 0 Å². The predicted octanol–water partition coefficient (Wildman–Crippen LogP) is 4.42. The third kappa shape index (κ3) is 3.25. The second-order valence-corrected chi connectivity index (χ2v) is 6.57. The molecule has 0 aromatic carbocycles. The zero-order chi connectivity index (χ0) is 13.1. The van der Waals surface area contributed by atoms with Crippen molar-refractivity contribution in [3.05, 3.63) is 22.3 Å². The van der Waals surface area contributed by atoms with Gasteiger partial charge in [-0.25, -0.2) is 4.98 Å². The number of rotatable bonds is 2. The Balaban J connectivity index is 2.07. The average Bonchev–Trinajstić information content (AvgIpc) is 2.58. The minimum atomic E-state index is 0.810. The van der Waals surface area contributed by atoms with E-state index in [2.05, 4.69) is 52.7 Å². The molecule has 1 saturated heterocycles. The fourth-order valence-corrected chi connectivity index (χ4v) is 2.93. The molecule has 100 valence electrons. The second-order valence-electron chi connectivity index (χ2n) is 5.71. The molecule has 18 heavy (non-hydrogen) atoms. The SMILES string of the molecule is Cc1cc(N2CCCC(C(C)C)CC2)ncc1Br. The summed E-state index contributed by atoms with van der Waals surface area (Å²) in [5.74, 6) is 2.83. The van der Waals surface area contributed by atoms with Crippen LogP contribution >= 0.6 is 15.9 Å². The van der Waals surface area contributed by atoms with Crippen LogP contribution in [-0.2, 0) is 0 Å². The number of hydrogen-bond donors (Lipinski definition) is 0. The molecule has 1 fully saturated rings. The van der Waals surface area contributed by atoms with Gasteiger partial charge >= 0.3 is 0 Å². The Morgan fingerprint density at radius 3 is 2.78 bits per heavy atom. The molecular formula is C15H23BrN2. The maximum absolute atomic E-state index is 4.55. The average molecular weight is 311 g/mol. The van der Waals surface area contributed by atoms with E-state index < -0.39 is 0 Å². The fraction of sp³-hybridized carbons (Fsp3) is 0.667. The number of anilines is 1. The summed E-state index contributed by atoms with van der Waals surface area (Å²) in [4.78, 5) is 7.00. The van der Waals surface area contributed by atoms with Crippen LogP contribution in [0.3, 0.4) is 0 Å². The molecule has 0 saturated carbocycles. The molecule has 0 amide bonds. The molecule has 2 heterocycles. The number of aryl methyl sites for hydroxylation is 1. The Morgan fingerprint density at radius 1 is 1.33 bits per heavy atom. The maximum atomic E-state index is 4.55. The second kappa shape index (κ2) is 6.05. The first-order valence-corrected chi connectivity index (χ1v) is 7.74. The molecule has 1 aliphatic heterocycles. The quantitative estimate of drug-likeness (QED) is 0.804. The molecule has 0 bridgehead atoms. The van der Waals surface area contributed by atoms with Gasteiger partial charge < -0.3 is 4.90 Å². The Morgan fingerprint density at radius 2 is 2.11 bits per heavy atom. The summed E-state index contributed by atoms with van der Waals surface area (Å²) in [6.07, 6.45) is 5.88. The zero-order valence-corrected chi connectivity index (χ0v) is 13.2. The van der Waals surface area contributed by atoms with E-state index in [1.165, 1.54) is 24.8 Å². The topological polar surface area (TPSA) is 16.1 Å². The van der Waals surface area contributed by atoms with E-state index in [1.807, 2.05) is 6.20 Å². The lowest BCUT2D eigenvalue weighted by Crippen LogP contribution is -2.25. The van der Waals surface area contributed by atoms with Crippen molar-refractivity contribution in [3.63, 3.8) is 0 Å². The largest absolute Gasteiger partial charge is 0.357 e. The zero-order valence-electron chi connectivity index (χ0n) is 11.6. The summed E-state index contributed by atoms with van der Waals surface area (Å²) in [6, 6.07) is 2.19. The highest BCUT2D eigenvalue weighted by molar-refractivity contribution is 9.10. The third-order valence-electron chi connectivity index (χ3n) is 4.07. The molecule has 1 unspecified atom stereocenters. The summed E-state index contributed by atoms with van der Waals surface area (Å²) in [7, 11) is 0. The van der Waals surface area contributed by atoms with Crippen LogP contribution in [0.25, 0.3) is 0 Å². The third-order valence-corrected chi connectivity index (χ3v) is 4.90. The number of aromatic nitrogens is 1. The molecule has 1 aliphatic rings. The highest BCUT2D eigenvalue weighted by Crippen LogP contribution is 2.27. The van der Waals surface area contributed by atoms with Gasteiger partial charge in [-0.1, -0.05) is 13.8 Å². The highest BCUT2D eigenvalue weighted by atomic mass is 79.9. The molecule has 1 aromatic heterocycles. The lowest BCUT2D eigenvalue weighted by Gasteiger charge is -2.23. The van der Waals surface area contributed by atoms with E-state index >= 15 is 0 Å². The highest BCUT2D eigenvalue weighted by Gasteiger charge is 2.20. The molecule has 0 spiro atoms. The Hall–Kier alpha value is -0.570. The van der Waals surface area contributed by atoms with Crippen LogP contribution in [0.15, 0.2) is 16.7 Å². The maximum Gasteiger partial charge on any atom is 0.128 e. The monoisotopic (exact) mass is 310 g/mol. The van der Waals surface area contributed by atoms with Crippen molar-refractivity contribution in [2.24, 2.45) is 11.8 Å². The van der Waals surface area contributed by atoms with Gasteiger partial charge in [0, 0.05) is 23.8 Å². The number of halogens is 1. The van der Waals surface area contributed by atoms with Crippen molar-refractivity contribution in [1.29, 1.82) is 0 Å². The van der Waals surface area contributed by atoms with Gasteiger partial charge in [0.05, 0.1) is 0 Å². The van der Waals surface area contributed by atoms with Gasteiger partial charge in [-0.15, -0.1) is 0 Å². The van der Waals surface area contributed by atoms with E-state index in [0.29, 0.717) is 0 Å². The molecule has 0 aliphatic carbocycles. The predicted molar refractivity (Wildman–Crippen MR) is 81.1 cm³/mol. The summed E-state index contributed by atoms with van der Waals surface area (Å²) in [5.41, 5.74) is 1.27. The van der Waals surface area contributed by atoms with Crippen molar-refractivity contribution in [3.8, 4) is 0 Å². The van der Waals surface area contributed by atoms with Crippen molar-refractivity contribution in [2.45, 2.75) is 40.0 Å². The standard InChI is InChI=1S/C15H23BrN2/c1-11(2)13-5-4-7-18(8-6-13)15-9-12(3)14(16)10-17-15/h9-11,13H,4-8H2,1-3H3. The lowest BCUT2D eigenvalue weighted by molar-refractivity contribution is 0.351. The molecule has 2 nitrogen and oxygen atoms in total. The van der Waals surface area contributed by atoms with Crippen molar-refractivity contribution in [2.75, 3.05) is 18.0 Å². The minimum absolute atomic E-state index is 0.810. The minimum Gasteiger partial charge on any atom is -0.357 e. The number of nitrogens with zero attached hydrogens (tertiary/aromatic N) is 2. The van der Waals surface area contributed by atoms with E-state index in [9.17, 15) is 0 Å². The first-order chi connectivity index (χ1) is 8.58. The fourth-order valence-electron chi connectivity index (χ4n) is 2.72. The van der Waals surface area contributed by atoms with Crippen LogP contribution in [-0.4, -0.2) is 18.1 Å². The molecule has 0 radical (unpaired) electrons. The lowest BCUT2D eigenvalue weighted by atomic mass is 9.89. The van der Waals surface area contributed by atoms with Crippen LogP contribution < -0.4 is 4.90 Å². The summed E-state index contributed by atoms with van der Waals surface area (Å²) in [5, 5.41) is 0. The Bertz CT molecular complexity index is 403.